The lowest BCUT2D eigenvalue weighted by molar-refractivity contribution is -0.286. The third-order valence-electron chi connectivity index (χ3n) is 2.97. The summed E-state index contributed by atoms with van der Waals surface area (Å²) in [4.78, 5) is 10.9. The van der Waals surface area contributed by atoms with Crippen LogP contribution in [0.15, 0.2) is 36.4 Å². The number of rotatable bonds is 2. The van der Waals surface area contributed by atoms with E-state index in [1.807, 2.05) is 13.0 Å². The highest BCUT2D eigenvalue weighted by Crippen LogP contribution is 2.43. The zero-order chi connectivity index (χ0) is 14.3. The van der Waals surface area contributed by atoms with Crippen LogP contribution in [0.1, 0.15) is 15.9 Å². The fraction of sp³-hybridized carbons (Fsp3) is 0.133. The quantitative estimate of drug-likeness (QED) is 0.783. The minimum absolute atomic E-state index is 0.00186. The molecule has 0 atom stereocenters. The Bertz CT molecular complexity index is 696. The molecule has 0 amide bonds. The van der Waals surface area contributed by atoms with Crippen LogP contribution in [-0.2, 0) is 0 Å². The third-order valence-corrected chi connectivity index (χ3v) is 2.97. The van der Waals surface area contributed by atoms with Crippen LogP contribution in [-0.4, -0.2) is 12.6 Å². The highest BCUT2D eigenvalue weighted by atomic mass is 19.3. The maximum Gasteiger partial charge on any atom is 0.586 e. The second kappa shape index (κ2) is 4.30. The molecule has 0 unspecified atom stereocenters. The van der Waals surface area contributed by atoms with Gasteiger partial charge in [0.05, 0.1) is 0 Å². The number of carbonyl (C=O) groups is 1. The summed E-state index contributed by atoms with van der Waals surface area (Å²) in [5, 5.41) is 0. The van der Waals surface area contributed by atoms with Crippen LogP contribution < -0.4 is 9.47 Å². The van der Waals surface area contributed by atoms with Gasteiger partial charge in [-0.2, -0.15) is 0 Å². The molecular formula is C15H10F2O3. The molecule has 102 valence electrons. The SMILES string of the molecule is Cc1cc(C=O)cc(-c2ccc3c(c2)OC(F)(F)O3)c1. The smallest absolute Gasteiger partial charge is 0.395 e. The zero-order valence-corrected chi connectivity index (χ0v) is 10.5. The summed E-state index contributed by atoms with van der Waals surface area (Å²) in [5.74, 6) is -0.0105. The van der Waals surface area contributed by atoms with Gasteiger partial charge in [0.2, 0.25) is 0 Å². The van der Waals surface area contributed by atoms with Crippen LogP contribution in [0.3, 0.4) is 0 Å². The highest BCUT2D eigenvalue weighted by Gasteiger charge is 2.43. The monoisotopic (exact) mass is 276 g/mol. The Labute approximate surface area is 113 Å². The normalized spacial score (nSPS) is 15.2. The maximum absolute atomic E-state index is 13.0. The van der Waals surface area contributed by atoms with E-state index in [9.17, 15) is 13.6 Å². The molecule has 3 rings (SSSR count). The van der Waals surface area contributed by atoms with Crippen molar-refractivity contribution in [2.75, 3.05) is 0 Å². The first-order chi connectivity index (χ1) is 9.47. The van der Waals surface area contributed by atoms with Crippen LogP contribution in [0.5, 0.6) is 11.5 Å². The number of hydrogen-bond donors (Lipinski definition) is 0. The molecule has 0 bridgehead atoms. The van der Waals surface area contributed by atoms with Gasteiger partial charge in [-0.1, -0.05) is 12.1 Å². The Morgan fingerprint density at radius 1 is 1.00 bits per heavy atom. The number of aldehydes is 1. The van der Waals surface area contributed by atoms with Crippen LogP contribution in [0, 0.1) is 6.92 Å². The lowest BCUT2D eigenvalue weighted by atomic mass is 10.0. The van der Waals surface area contributed by atoms with Crippen LogP contribution >= 0.6 is 0 Å². The molecule has 1 aliphatic heterocycles. The van der Waals surface area contributed by atoms with Gasteiger partial charge in [0.1, 0.15) is 6.29 Å². The van der Waals surface area contributed by atoms with Gasteiger partial charge in [-0.15, -0.1) is 8.78 Å². The van der Waals surface area contributed by atoms with Crippen molar-refractivity contribution in [3.8, 4) is 22.6 Å². The summed E-state index contributed by atoms with van der Waals surface area (Å²) in [6.07, 6.45) is -2.88. The molecule has 2 aromatic carbocycles. The minimum atomic E-state index is -3.62. The molecule has 5 heteroatoms. The molecule has 0 spiro atoms. The molecule has 0 saturated carbocycles. The first kappa shape index (κ1) is 12.6. The molecule has 1 aliphatic rings. The molecule has 0 fully saturated rings. The number of benzene rings is 2. The van der Waals surface area contributed by atoms with E-state index < -0.39 is 6.29 Å². The van der Waals surface area contributed by atoms with E-state index in [1.54, 1.807) is 18.2 Å². The Balaban J connectivity index is 2.05. The van der Waals surface area contributed by atoms with Gasteiger partial charge in [0.25, 0.3) is 0 Å². The second-order valence-corrected chi connectivity index (χ2v) is 4.58. The Kier molecular flexibility index (Phi) is 2.71. The highest BCUT2D eigenvalue weighted by molar-refractivity contribution is 5.80. The van der Waals surface area contributed by atoms with E-state index in [1.165, 1.54) is 12.1 Å². The number of fused-ring (bicyclic) bond motifs is 1. The number of carbonyl (C=O) groups excluding carboxylic acids is 1. The summed E-state index contributed by atoms with van der Waals surface area (Å²) in [5.41, 5.74) is 2.88. The molecule has 0 saturated heterocycles. The van der Waals surface area contributed by atoms with Crippen LogP contribution in [0.2, 0.25) is 0 Å². The van der Waals surface area contributed by atoms with Crippen LogP contribution in [0.4, 0.5) is 8.78 Å². The number of ether oxygens (including phenoxy) is 2. The van der Waals surface area contributed by atoms with Crippen molar-refractivity contribution < 1.29 is 23.0 Å². The van der Waals surface area contributed by atoms with E-state index in [0.717, 1.165) is 17.4 Å². The zero-order valence-electron chi connectivity index (χ0n) is 10.5. The van der Waals surface area contributed by atoms with Gasteiger partial charge in [-0.25, -0.2) is 0 Å². The van der Waals surface area contributed by atoms with Gasteiger partial charge >= 0.3 is 6.29 Å². The predicted octanol–water partition coefficient (Wildman–Crippen LogP) is 3.80. The standard InChI is InChI=1S/C15H10F2O3/c1-9-4-10(8-18)6-12(5-9)11-2-3-13-14(7-11)20-15(16,17)19-13/h2-8H,1H3. The topological polar surface area (TPSA) is 35.5 Å². The number of alkyl halides is 2. The first-order valence-electron chi connectivity index (χ1n) is 5.94. The molecule has 0 radical (unpaired) electrons. The van der Waals surface area contributed by atoms with Gasteiger partial charge in [-0.05, 0) is 47.9 Å². The largest absolute Gasteiger partial charge is 0.586 e. The Hall–Kier alpha value is -2.43. The molecule has 20 heavy (non-hydrogen) atoms. The van der Waals surface area contributed by atoms with E-state index in [2.05, 4.69) is 9.47 Å². The van der Waals surface area contributed by atoms with Crippen molar-refractivity contribution in [2.24, 2.45) is 0 Å². The minimum Gasteiger partial charge on any atom is -0.395 e. The summed E-state index contributed by atoms with van der Waals surface area (Å²) in [6.45, 7) is 1.86. The predicted molar refractivity (Wildman–Crippen MR) is 68.2 cm³/mol. The van der Waals surface area contributed by atoms with E-state index >= 15 is 0 Å². The third kappa shape index (κ3) is 2.22. The van der Waals surface area contributed by atoms with E-state index in [4.69, 9.17) is 0 Å². The number of aryl methyl sites for hydroxylation is 1. The fourth-order valence-electron chi connectivity index (χ4n) is 2.18. The summed E-state index contributed by atoms with van der Waals surface area (Å²) in [7, 11) is 0. The first-order valence-corrected chi connectivity index (χ1v) is 5.94. The maximum atomic E-state index is 13.0. The summed E-state index contributed by atoms with van der Waals surface area (Å²) in [6, 6.07) is 9.84. The lowest BCUT2D eigenvalue weighted by Crippen LogP contribution is -2.25. The van der Waals surface area contributed by atoms with Gasteiger partial charge in [0.15, 0.2) is 11.5 Å². The van der Waals surface area contributed by atoms with Crippen molar-refractivity contribution in [3.05, 3.63) is 47.5 Å². The molecule has 2 aromatic rings. The Morgan fingerprint density at radius 3 is 2.50 bits per heavy atom. The average Bonchev–Trinajstić information content (AvgIpc) is 2.70. The van der Waals surface area contributed by atoms with Gasteiger partial charge in [0, 0.05) is 5.56 Å². The number of halogens is 2. The van der Waals surface area contributed by atoms with Crippen molar-refractivity contribution in [3.63, 3.8) is 0 Å². The van der Waals surface area contributed by atoms with Crippen molar-refractivity contribution >= 4 is 6.29 Å². The molecule has 0 aliphatic carbocycles. The molecule has 0 aromatic heterocycles. The van der Waals surface area contributed by atoms with Crippen molar-refractivity contribution in [2.45, 2.75) is 13.2 Å². The lowest BCUT2D eigenvalue weighted by Gasteiger charge is -2.06. The number of hydrogen-bond acceptors (Lipinski definition) is 3. The molecule has 0 N–H and O–H groups in total. The van der Waals surface area contributed by atoms with Gasteiger partial charge < -0.3 is 9.47 Å². The molecular weight excluding hydrogens is 266 g/mol. The van der Waals surface area contributed by atoms with E-state index in [-0.39, 0.29) is 11.5 Å². The second-order valence-electron chi connectivity index (χ2n) is 4.58. The van der Waals surface area contributed by atoms with E-state index in [0.29, 0.717) is 11.1 Å². The summed E-state index contributed by atoms with van der Waals surface area (Å²) < 4.78 is 34.7. The van der Waals surface area contributed by atoms with Crippen LogP contribution in [0.25, 0.3) is 11.1 Å². The van der Waals surface area contributed by atoms with Gasteiger partial charge in [-0.3, -0.25) is 4.79 Å². The summed E-state index contributed by atoms with van der Waals surface area (Å²) >= 11 is 0. The molecule has 3 nitrogen and oxygen atoms in total. The van der Waals surface area contributed by atoms with Crippen molar-refractivity contribution in [1.29, 1.82) is 0 Å². The van der Waals surface area contributed by atoms with Crippen molar-refractivity contribution in [1.82, 2.24) is 0 Å². The average molecular weight is 276 g/mol. The Morgan fingerprint density at radius 2 is 1.75 bits per heavy atom. The molecule has 1 heterocycles. The fourth-order valence-corrected chi connectivity index (χ4v) is 2.18.